The fourth-order valence-corrected chi connectivity index (χ4v) is 3.97. The van der Waals surface area contributed by atoms with Crippen molar-refractivity contribution in [1.29, 1.82) is 0 Å². The largest absolute Gasteiger partial charge is 0.337 e. The normalized spacial score (nSPS) is 28.2. The number of hydrogen-bond donors (Lipinski definition) is 1. The van der Waals surface area contributed by atoms with Gasteiger partial charge in [0.05, 0.1) is 5.02 Å². The average Bonchev–Trinajstić information content (AvgIpc) is 3.02. The SMILES string of the molecule is CCN(c1nc2ccc(Cl)cn2n1)C1CC2CCC(C1)N2. The van der Waals surface area contributed by atoms with Crippen LogP contribution in [0.25, 0.3) is 5.65 Å². The number of pyridine rings is 1. The van der Waals surface area contributed by atoms with Gasteiger partial charge in [0.25, 0.3) is 0 Å². The summed E-state index contributed by atoms with van der Waals surface area (Å²) in [5.74, 6) is 0.825. The number of nitrogens with one attached hydrogen (secondary N) is 1. The molecule has 0 amide bonds. The second-order valence-corrected chi connectivity index (χ2v) is 6.55. The van der Waals surface area contributed by atoms with Crippen molar-refractivity contribution in [3.63, 3.8) is 0 Å². The van der Waals surface area contributed by atoms with Crippen LogP contribution >= 0.6 is 11.6 Å². The molecular formula is C15H20ClN5. The predicted molar refractivity (Wildman–Crippen MR) is 84.0 cm³/mol. The van der Waals surface area contributed by atoms with Crippen LogP contribution in [-0.2, 0) is 0 Å². The predicted octanol–water partition coefficient (Wildman–Crippen LogP) is 2.49. The van der Waals surface area contributed by atoms with E-state index in [-0.39, 0.29) is 0 Å². The maximum atomic E-state index is 6.03. The number of fused-ring (bicyclic) bond motifs is 3. The van der Waals surface area contributed by atoms with Gasteiger partial charge in [-0.3, -0.25) is 0 Å². The maximum absolute atomic E-state index is 6.03. The van der Waals surface area contributed by atoms with Gasteiger partial charge in [-0.25, -0.2) is 4.52 Å². The van der Waals surface area contributed by atoms with Crippen molar-refractivity contribution in [2.24, 2.45) is 0 Å². The molecule has 4 heterocycles. The van der Waals surface area contributed by atoms with Crippen molar-refractivity contribution >= 4 is 23.2 Å². The third-order valence-corrected chi connectivity index (χ3v) is 4.99. The molecule has 2 fully saturated rings. The lowest BCUT2D eigenvalue weighted by Gasteiger charge is -2.36. The van der Waals surface area contributed by atoms with Crippen LogP contribution in [0.2, 0.25) is 5.02 Å². The molecule has 2 aliphatic heterocycles. The Kier molecular flexibility index (Phi) is 3.27. The third-order valence-electron chi connectivity index (χ3n) is 4.77. The van der Waals surface area contributed by atoms with Crippen molar-refractivity contribution in [2.45, 2.75) is 50.7 Å². The summed E-state index contributed by atoms with van der Waals surface area (Å²) in [5.41, 5.74) is 0.852. The van der Waals surface area contributed by atoms with E-state index in [0.717, 1.165) is 18.1 Å². The summed E-state index contributed by atoms with van der Waals surface area (Å²) < 4.78 is 1.77. The number of halogens is 1. The molecule has 2 aromatic heterocycles. The van der Waals surface area contributed by atoms with Crippen LogP contribution in [0.5, 0.6) is 0 Å². The van der Waals surface area contributed by atoms with E-state index in [1.165, 1.54) is 25.7 Å². The first-order valence-corrected chi connectivity index (χ1v) is 8.15. The number of anilines is 1. The summed E-state index contributed by atoms with van der Waals surface area (Å²) in [6.45, 7) is 3.12. The Bertz CT molecular complexity index is 643. The zero-order valence-electron chi connectivity index (χ0n) is 12.2. The van der Waals surface area contributed by atoms with E-state index in [9.17, 15) is 0 Å². The van der Waals surface area contributed by atoms with Crippen molar-refractivity contribution in [3.8, 4) is 0 Å². The molecule has 5 nitrogen and oxygen atoms in total. The highest BCUT2D eigenvalue weighted by atomic mass is 35.5. The van der Waals surface area contributed by atoms with Gasteiger partial charge in [-0.2, -0.15) is 4.98 Å². The van der Waals surface area contributed by atoms with E-state index in [0.29, 0.717) is 23.1 Å². The molecule has 0 radical (unpaired) electrons. The van der Waals surface area contributed by atoms with Gasteiger partial charge in [0.1, 0.15) is 0 Å². The van der Waals surface area contributed by atoms with Crippen LogP contribution in [0.1, 0.15) is 32.6 Å². The standard InChI is InChI=1S/C15H20ClN5/c1-2-20(13-7-11-4-5-12(8-13)17-11)15-18-14-6-3-10(16)9-21(14)19-15/h3,6,9,11-13,17H,2,4-5,7-8H2,1H3. The van der Waals surface area contributed by atoms with E-state index in [1.54, 1.807) is 4.52 Å². The number of hydrogen-bond acceptors (Lipinski definition) is 4. The lowest BCUT2D eigenvalue weighted by Crippen LogP contribution is -2.48. The highest BCUT2D eigenvalue weighted by molar-refractivity contribution is 6.30. The third kappa shape index (κ3) is 2.38. The number of nitrogens with zero attached hydrogens (tertiary/aromatic N) is 4. The van der Waals surface area contributed by atoms with Gasteiger partial charge in [-0.15, -0.1) is 5.10 Å². The van der Waals surface area contributed by atoms with Crippen molar-refractivity contribution in [2.75, 3.05) is 11.4 Å². The Morgan fingerprint density at radius 2 is 2.10 bits per heavy atom. The minimum atomic E-state index is 0.543. The second kappa shape index (κ2) is 5.14. The second-order valence-electron chi connectivity index (χ2n) is 6.11. The monoisotopic (exact) mass is 305 g/mol. The molecule has 0 aromatic carbocycles. The van der Waals surface area contributed by atoms with Crippen LogP contribution in [0.15, 0.2) is 18.3 Å². The van der Waals surface area contributed by atoms with E-state index in [4.69, 9.17) is 11.6 Å². The van der Waals surface area contributed by atoms with Crippen LogP contribution < -0.4 is 10.2 Å². The summed E-state index contributed by atoms with van der Waals surface area (Å²) in [6.07, 6.45) is 6.83. The van der Waals surface area contributed by atoms with E-state index in [1.807, 2.05) is 18.3 Å². The zero-order chi connectivity index (χ0) is 14.4. The topological polar surface area (TPSA) is 45.5 Å². The highest BCUT2D eigenvalue weighted by Crippen LogP contribution is 2.31. The maximum Gasteiger partial charge on any atom is 0.245 e. The van der Waals surface area contributed by atoms with Gasteiger partial charge in [-0.1, -0.05) is 11.6 Å². The van der Waals surface area contributed by atoms with Crippen molar-refractivity contribution in [3.05, 3.63) is 23.4 Å². The minimum absolute atomic E-state index is 0.543. The summed E-state index contributed by atoms with van der Waals surface area (Å²) in [6, 6.07) is 5.67. The molecule has 0 saturated carbocycles. The molecule has 2 aliphatic rings. The lowest BCUT2D eigenvalue weighted by atomic mass is 9.98. The smallest absolute Gasteiger partial charge is 0.245 e. The Hall–Kier alpha value is -1.33. The summed E-state index contributed by atoms with van der Waals surface area (Å²) in [4.78, 5) is 7.02. The van der Waals surface area contributed by atoms with Crippen molar-refractivity contribution < 1.29 is 0 Å². The molecule has 0 spiro atoms. The molecule has 6 heteroatoms. The summed E-state index contributed by atoms with van der Waals surface area (Å²) >= 11 is 6.03. The Morgan fingerprint density at radius 3 is 2.81 bits per heavy atom. The first-order chi connectivity index (χ1) is 10.2. The molecule has 21 heavy (non-hydrogen) atoms. The summed E-state index contributed by atoms with van der Waals surface area (Å²) in [5, 5.41) is 8.99. The van der Waals surface area contributed by atoms with Gasteiger partial charge >= 0.3 is 0 Å². The van der Waals surface area contributed by atoms with Gasteiger partial charge in [0, 0.05) is 30.9 Å². The van der Waals surface area contributed by atoms with Crippen LogP contribution in [0.3, 0.4) is 0 Å². The van der Waals surface area contributed by atoms with Gasteiger partial charge in [-0.05, 0) is 44.7 Å². The first-order valence-electron chi connectivity index (χ1n) is 7.77. The number of rotatable bonds is 3. The van der Waals surface area contributed by atoms with E-state index in [2.05, 4.69) is 27.2 Å². The van der Waals surface area contributed by atoms with Gasteiger partial charge < -0.3 is 10.2 Å². The molecule has 2 bridgehead atoms. The minimum Gasteiger partial charge on any atom is -0.337 e. The van der Waals surface area contributed by atoms with Gasteiger partial charge in [0.15, 0.2) is 5.65 Å². The Labute approximate surface area is 129 Å². The van der Waals surface area contributed by atoms with Crippen LogP contribution in [0, 0.1) is 0 Å². The lowest BCUT2D eigenvalue weighted by molar-refractivity contribution is 0.347. The average molecular weight is 306 g/mol. The fourth-order valence-electron chi connectivity index (χ4n) is 3.81. The van der Waals surface area contributed by atoms with Gasteiger partial charge in [0.2, 0.25) is 5.95 Å². The number of piperidine rings is 1. The quantitative estimate of drug-likeness (QED) is 0.946. The molecule has 2 unspecified atom stereocenters. The molecule has 2 saturated heterocycles. The zero-order valence-corrected chi connectivity index (χ0v) is 12.9. The molecule has 4 rings (SSSR count). The molecule has 112 valence electrons. The fraction of sp³-hybridized carbons (Fsp3) is 0.600. The number of aromatic nitrogens is 3. The highest BCUT2D eigenvalue weighted by Gasteiger charge is 2.36. The molecule has 1 N–H and O–H groups in total. The van der Waals surface area contributed by atoms with E-state index < -0.39 is 0 Å². The Balaban J connectivity index is 1.64. The van der Waals surface area contributed by atoms with Crippen LogP contribution in [0.4, 0.5) is 5.95 Å². The van der Waals surface area contributed by atoms with E-state index >= 15 is 0 Å². The van der Waals surface area contributed by atoms with Crippen molar-refractivity contribution in [1.82, 2.24) is 19.9 Å². The Morgan fingerprint density at radius 1 is 1.33 bits per heavy atom. The molecule has 2 atom stereocenters. The molecule has 0 aliphatic carbocycles. The molecule has 2 aromatic rings. The molecular weight excluding hydrogens is 286 g/mol. The van der Waals surface area contributed by atoms with Crippen LogP contribution in [-0.4, -0.2) is 39.3 Å². The first kappa shape index (κ1) is 13.3. The summed E-state index contributed by atoms with van der Waals surface area (Å²) in [7, 11) is 0.